The van der Waals surface area contributed by atoms with Crippen LogP contribution in [0.3, 0.4) is 0 Å². The first-order valence-corrected chi connectivity index (χ1v) is 9.25. The van der Waals surface area contributed by atoms with Crippen molar-refractivity contribution in [3.63, 3.8) is 0 Å². The minimum absolute atomic E-state index is 0.135. The molecule has 1 aliphatic rings. The number of hydrogen-bond acceptors (Lipinski definition) is 3. The van der Waals surface area contributed by atoms with E-state index in [0.29, 0.717) is 6.04 Å². The minimum Gasteiger partial charge on any atom is -0.354 e. The third kappa shape index (κ3) is 4.92. The van der Waals surface area contributed by atoms with Crippen LogP contribution in [-0.4, -0.2) is 27.8 Å². The molecule has 0 aliphatic heterocycles. The molecule has 1 aromatic heterocycles. The second-order valence-corrected chi connectivity index (χ2v) is 7.19. The first-order chi connectivity index (χ1) is 12.1. The molecule has 1 aliphatic carbocycles. The number of amides is 1. The summed E-state index contributed by atoms with van der Waals surface area (Å²) in [5.41, 5.74) is 2.09. The Labute approximate surface area is 149 Å². The average molecular weight is 340 g/mol. The van der Waals surface area contributed by atoms with E-state index < -0.39 is 0 Å². The van der Waals surface area contributed by atoms with Crippen LogP contribution < -0.4 is 10.6 Å². The topological polar surface area (TPSA) is 59.0 Å². The number of aromatic nitrogens is 2. The average Bonchev–Trinajstić information content (AvgIpc) is 3.09. The number of hydrogen-bond donors (Lipinski definition) is 2. The minimum atomic E-state index is 0.135. The molecule has 1 fully saturated rings. The van der Waals surface area contributed by atoms with Crippen LogP contribution in [0, 0.1) is 5.92 Å². The normalized spacial score (nSPS) is 20.6. The van der Waals surface area contributed by atoms with Crippen molar-refractivity contribution in [3.05, 3.63) is 48.3 Å². The predicted molar refractivity (Wildman–Crippen MR) is 99.4 cm³/mol. The van der Waals surface area contributed by atoms with E-state index in [-0.39, 0.29) is 17.9 Å². The van der Waals surface area contributed by atoms with Crippen LogP contribution in [0.2, 0.25) is 0 Å². The maximum absolute atomic E-state index is 12.2. The summed E-state index contributed by atoms with van der Waals surface area (Å²) in [5, 5.41) is 11.3. The summed E-state index contributed by atoms with van der Waals surface area (Å²) in [6.45, 7) is 4.77. The molecular weight excluding hydrogens is 312 g/mol. The van der Waals surface area contributed by atoms with E-state index in [0.717, 1.165) is 43.6 Å². The number of rotatable bonds is 6. The first-order valence-electron chi connectivity index (χ1n) is 9.25. The Morgan fingerprint density at radius 1 is 1.24 bits per heavy atom. The molecule has 134 valence electrons. The molecule has 0 saturated heterocycles. The van der Waals surface area contributed by atoms with Gasteiger partial charge in [0.05, 0.1) is 11.4 Å². The summed E-state index contributed by atoms with van der Waals surface area (Å²) in [6.07, 6.45) is 6.14. The quantitative estimate of drug-likeness (QED) is 0.850. The molecule has 0 bridgehead atoms. The Kier molecular flexibility index (Phi) is 5.87. The fourth-order valence-electron chi connectivity index (χ4n) is 3.45. The van der Waals surface area contributed by atoms with Crippen molar-refractivity contribution in [3.8, 4) is 5.69 Å². The number of para-hydroxylation sites is 1. The van der Waals surface area contributed by atoms with E-state index in [9.17, 15) is 4.79 Å². The zero-order chi connectivity index (χ0) is 17.6. The van der Waals surface area contributed by atoms with Gasteiger partial charge < -0.3 is 10.6 Å². The maximum Gasteiger partial charge on any atom is 0.223 e. The van der Waals surface area contributed by atoms with Gasteiger partial charge in [-0.15, -0.1) is 0 Å². The summed E-state index contributed by atoms with van der Waals surface area (Å²) in [5.74, 6) is 0.338. The first kappa shape index (κ1) is 17.7. The van der Waals surface area contributed by atoms with Gasteiger partial charge in [0.15, 0.2) is 0 Å². The van der Waals surface area contributed by atoms with Crippen molar-refractivity contribution in [2.24, 2.45) is 5.92 Å². The summed E-state index contributed by atoms with van der Waals surface area (Å²) in [4.78, 5) is 12.2. The van der Waals surface area contributed by atoms with Gasteiger partial charge in [-0.1, -0.05) is 24.6 Å². The summed E-state index contributed by atoms with van der Waals surface area (Å²) in [6, 6.07) is 12.8. The largest absolute Gasteiger partial charge is 0.354 e. The van der Waals surface area contributed by atoms with Crippen molar-refractivity contribution in [2.45, 2.75) is 58.2 Å². The second-order valence-electron chi connectivity index (χ2n) is 7.19. The zero-order valence-corrected chi connectivity index (χ0v) is 15.1. The van der Waals surface area contributed by atoms with E-state index in [4.69, 9.17) is 0 Å². The van der Waals surface area contributed by atoms with E-state index >= 15 is 0 Å². The summed E-state index contributed by atoms with van der Waals surface area (Å²) < 4.78 is 1.90. The molecule has 1 aromatic carbocycles. The van der Waals surface area contributed by atoms with Gasteiger partial charge in [-0.25, -0.2) is 4.68 Å². The van der Waals surface area contributed by atoms with Crippen molar-refractivity contribution in [1.82, 2.24) is 20.4 Å². The highest BCUT2D eigenvalue weighted by molar-refractivity contribution is 5.79. The number of nitrogens with one attached hydrogen (secondary N) is 2. The lowest BCUT2D eigenvalue weighted by Crippen LogP contribution is -2.42. The molecule has 2 atom stereocenters. The van der Waals surface area contributed by atoms with Crippen LogP contribution in [0.1, 0.15) is 45.2 Å². The lowest BCUT2D eigenvalue weighted by atomic mass is 9.85. The van der Waals surface area contributed by atoms with Gasteiger partial charge in [0.1, 0.15) is 0 Å². The zero-order valence-electron chi connectivity index (χ0n) is 15.1. The molecular formula is C20H28N4O. The molecule has 25 heavy (non-hydrogen) atoms. The van der Waals surface area contributed by atoms with Crippen LogP contribution in [0.4, 0.5) is 0 Å². The highest BCUT2D eigenvalue weighted by Gasteiger charge is 2.27. The predicted octanol–water partition coefficient (Wildman–Crippen LogP) is 3.05. The van der Waals surface area contributed by atoms with E-state index in [1.54, 1.807) is 0 Å². The number of benzene rings is 1. The van der Waals surface area contributed by atoms with Gasteiger partial charge in [-0.3, -0.25) is 4.79 Å². The van der Waals surface area contributed by atoms with Gasteiger partial charge in [0, 0.05) is 30.7 Å². The SMILES string of the molecule is CC(C)NC(=O)[C@@H]1CCC[C@H](NCc2ccn(-c3ccccc3)n2)C1. The Bertz CT molecular complexity index is 680. The van der Waals surface area contributed by atoms with E-state index in [2.05, 4.69) is 15.7 Å². The Morgan fingerprint density at radius 3 is 2.80 bits per heavy atom. The lowest BCUT2D eigenvalue weighted by Gasteiger charge is -2.29. The highest BCUT2D eigenvalue weighted by atomic mass is 16.1. The van der Waals surface area contributed by atoms with Crippen molar-refractivity contribution < 1.29 is 4.79 Å². The molecule has 1 saturated carbocycles. The fourth-order valence-corrected chi connectivity index (χ4v) is 3.45. The smallest absolute Gasteiger partial charge is 0.223 e. The van der Waals surface area contributed by atoms with Crippen molar-refractivity contribution in [1.29, 1.82) is 0 Å². The third-order valence-corrected chi connectivity index (χ3v) is 4.71. The molecule has 5 heteroatoms. The summed E-state index contributed by atoms with van der Waals surface area (Å²) >= 11 is 0. The fraction of sp³-hybridized carbons (Fsp3) is 0.500. The van der Waals surface area contributed by atoms with Gasteiger partial charge in [0.25, 0.3) is 0 Å². The molecule has 1 amide bonds. The Hall–Kier alpha value is -2.14. The molecule has 3 rings (SSSR count). The van der Waals surface area contributed by atoms with Gasteiger partial charge in [-0.05, 0) is 51.3 Å². The Balaban J connectivity index is 1.52. The number of carbonyl (C=O) groups is 1. The highest BCUT2D eigenvalue weighted by Crippen LogP contribution is 2.25. The molecule has 1 heterocycles. The molecule has 5 nitrogen and oxygen atoms in total. The molecule has 2 aromatic rings. The van der Waals surface area contributed by atoms with E-state index in [1.165, 1.54) is 0 Å². The van der Waals surface area contributed by atoms with Gasteiger partial charge in [0.2, 0.25) is 5.91 Å². The molecule has 0 spiro atoms. The number of nitrogens with zero attached hydrogens (tertiary/aromatic N) is 2. The van der Waals surface area contributed by atoms with E-state index in [1.807, 2.05) is 61.1 Å². The molecule has 0 unspecified atom stereocenters. The van der Waals surface area contributed by atoms with Crippen LogP contribution in [0.15, 0.2) is 42.6 Å². The van der Waals surface area contributed by atoms with Crippen LogP contribution in [0.5, 0.6) is 0 Å². The third-order valence-electron chi connectivity index (χ3n) is 4.71. The van der Waals surface area contributed by atoms with Gasteiger partial charge in [-0.2, -0.15) is 5.10 Å². The van der Waals surface area contributed by atoms with Gasteiger partial charge >= 0.3 is 0 Å². The maximum atomic E-state index is 12.2. The summed E-state index contributed by atoms with van der Waals surface area (Å²) in [7, 11) is 0. The molecule has 0 radical (unpaired) electrons. The van der Waals surface area contributed by atoms with Crippen molar-refractivity contribution in [2.75, 3.05) is 0 Å². The number of carbonyl (C=O) groups excluding carboxylic acids is 1. The molecule has 2 N–H and O–H groups in total. The van der Waals surface area contributed by atoms with Crippen LogP contribution >= 0.6 is 0 Å². The van der Waals surface area contributed by atoms with Crippen molar-refractivity contribution >= 4 is 5.91 Å². The second kappa shape index (κ2) is 8.30. The van der Waals surface area contributed by atoms with Crippen LogP contribution in [-0.2, 0) is 11.3 Å². The lowest BCUT2D eigenvalue weighted by molar-refractivity contribution is -0.126. The monoisotopic (exact) mass is 340 g/mol. The Morgan fingerprint density at radius 2 is 2.04 bits per heavy atom. The standard InChI is InChI=1S/C20H28N4O/c1-15(2)22-20(25)16-7-6-8-17(13-16)21-14-18-11-12-24(23-18)19-9-4-3-5-10-19/h3-5,9-12,15-17,21H,6-8,13-14H2,1-2H3,(H,22,25)/t16-,17+/m1/s1. The van der Waals surface area contributed by atoms with Crippen LogP contribution in [0.25, 0.3) is 5.69 Å².